The average molecular weight is 518 g/mol. The monoisotopic (exact) mass is 517 g/mol. The fraction of sp³-hybridized carbons (Fsp3) is 0.120. The summed E-state index contributed by atoms with van der Waals surface area (Å²) < 4.78 is 12.2. The predicted octanol–water partition coefficient (Wildman–Crippen LogP) is 5.49. The van der Waals surface area contributed by atoms with Crippen molar-refractivity contribution in [1.82, 2.24) is 4.68 Å². The number of benzene rings is 3. The van der Waals surface area contributed by atoms with Crippen molar-refractivity contribution in [2.24, 2.45) is 10.1 Å². The molecule has 5 rings (SSSR count). The van der Waals surface area contributed by atoms with Crippen LogP contribution >= 0.6 is 11.3 Å². The van der Waals surface area contributed by atoms with Crippen LogP contribution in [0, 0.1) is 34.1 Å². The lowest BCUT2D eigenvalue weighted by molar-refractivity contribution is -0.385. The third-order valence-corrected chi connectivity index (χ3v) is 6.49. The summed E-state index contributed by atoms with van der Waals surface area (Å²) in [4.78, 5) is 27.1. The van der Waals surface area contributed by atoms with E-state index in [2.05, 4.69) is 5.10 Å². The van der Waals surface area contributed by atoms with Crippen LogP contribution < -0.4 is 14.3 Å². The molecule has 1 aromatic heterocycles. The normalized spacial score (nSPS) is 12.9. The molecule has 0 bridgehead atoms. The number of non-ortho nitro benzene ring substituents is 1. The number of ether oxygens (including phenoxy) is 2. The second-order valence-corrected chi connectivity index (χ2v) is 9.02. The molecule has 0 N–H and O–H groups in total. The van der Waals surface area contributed by atoms with Gasteiger partial charge in [0.15, 0.2) is 11.5 Å². The van der Waals surface area contributed by atoms with Crippen LogP contribution in [0.4, 0.5) is 17.1 Å². The maximum Gasteiger partial charge on any atom is 0.282 e. The predicted molar refractivity (Wildman–Crippen MR) is 138 cm³/mol. The number of fused-ring (bicyclic) bond motifs is 1. The Hall–Kier alpha value is -4.84. The third kappa shape index (κ3) is 4.82. The second-order valence-electron chi connectivity index (χ2n) is 8.19. The first-order valence-electron chi connectivity index (χ1n) is 11.0. The smallest absolute Gasteiger partial charge is 0.282 e. The van der Waals surface area contributed by atoms with Gasteiger partial charge in [0.1, 0.15) is 0 Å². The fourth-order valence-electron chi connectivity index (χ4n) is 3.71. The van der Waals surface area contributed by atoms with E-state index in [9.17, 15) is 20.2 Å². The Labute approximate surface area is 213 Å². The number of nitrogens with zero attached hydrogens (tertiary/aromatic N) is 5. The van der Waals surface area contributed by atoms with Gasteiger partial charge in [0.25, 0.3) is 11.4 Å². The van der Waals surface area contributed by atoms with Crippen molar-refractivity contribution < 1.29 is 19.3 Å². The van der Waals surface area contributed by atoms with E-state index in [1.54, 1.807) is 16.8 Å². The molecule has 0 fully saturated rings. The molecule has 0 spiro atoms. The first-order chi connectivity index (χ1) is 17.8. The molecular weight excluding hydrogens is 498 g/mol. The molecule has 0 unspecified atom stereocenters. The van der Waals surface area contributed by atoms with Gasteiger partial charge in [-0.25, -0.2) is 9.67 Å². The van der Waals surface area contributed by atoms with Crippen LogP contribution in [0.25, 0.3) is 11.3 Å². The largest absolute Gasteiger partial charge is 0.454 e. The summed E-state index contributed by atoms with van der Waals surface area (Å²) in [6, 6.07) is 14.8. The van der Waals surface area contributed by atoms with Crippen molar-refractivity contribution in [1.29, 1.82) is 0 Å². The highest BCUT2D eigenvalue weighted by Crippen LogP contribution is 2.37. The number of rotatable bonds is 6. The Balaban J connectivity index is 1.67. The molecule has 0 saturated heterocycles. The van der Waals surface area contributed by atoms with E-state index < -0.39 is 9.85 Å². The molecule has 0 aliphatic carbocycles. The maximum atomic E-state index is 11.7. The molecule has 11 nitrogen and oxygen atoms in total. The summed E-state index contributed by atoms with van der Waals surface area (Å²) in [6.07, 6.45) is 1.36. The summed E-state index contributed by atoms with van der Waals surface area (Å²) in [6.45, 7) is 3.91. The lowest BCUT2D eigenvalue weighted by atomic mass is 10.1. The molecule has 0 atom stereocenters. The van der Waals surface area contributed by atoms with Crippen molar-refractivity contribution >= 4 is 34.6 Å². The lowest BCUT2D eigenvalue weighted by Crippen LogP contribution is -2.12. The Morgan fingerprint density at radius 2 is 1.70 bits per heavy atom. The van der Waals surface area contributed by atoms with E-state index >= 15 is 0 Å². The zero-order valence-electron chi connectivity index (χ0n) is 19.7. The maximum absolute atomic E-state index is 11.7. The van der Waals surface area contributed by atoms with Crippen molar-refractivity contribution in [3.8, 4) is 22.8 Å². The highest BCUT2D eigenvalue weighted by atomic mass is 32.1. The Bertz CT molecular complexity index is 1640. The van der Waals surface area contributed by atoms with E-state index in [0.717, 1.165) is 16.8 Å². The van der Waals surface area contributed by atoms with Crippen LogP contribution in [-0.2, 0) is 0 Å². The minimum atomic E-state index is -0.514. The molecule has 1 aliphatic rings. The Morgan fingerprint density at radius 1 is 0.973 bits per heavy atom. The number of thiazole rings is 1. The van der Waals surface area contributed by atoms with E-state index in [0.29, 0.717) is 27.6 Å². The van der Waals surface area contributed by atoms with Crippen molar-refractivity contribution in [3.63, 3.8) is 0 Å². The van der Waals surface area contributed by atoms with Crippen LogP contribution in [0.2, 0.25) is 0 Å². The molecule has 1 aliphatic heterocycles. The van der Waals surface area contributed by atoms with Gasteiger partial charge in [0.2, 0.25) is 11.6 Å². The van der Waals surface area contributed by atoms with Gasteiger partial charge in [-0.15, -0.1) is 11.3 Å². The number of aryl methyl sites for hydroxylation is 2. The first-order valence-corrected chi connectivity index (χ1v) is 11.9. The molecule has 3 aromatic carbocycles. The van der Waals surface area contributed by atoms with Crippen LogP contribution in [0.5, 0.6) is 11.5 Å². The van der Waals surface area contributed by atoms with Crippen LogP contribution in [0.15, 0.2) is 70.1 Å². The van der Waals surface area contributed by atoms with Gasteiger partial charge in [-0.2, -0.15) is 5.10 Å². The molecule has 186 valence electrons. The van der Waals surface area contributed by atoms with E-state index in [1.807, 2.05) is 37.4 Å². The molecule has 0 saturated carbocycles. The Morgan fingerprint density at radius 3 is 2.41 bits per heavy atom. The fourth-order valence-corrected chi connectivity index (χ4v) is 4.56. The summed E-state index contributed by atoms with van der Waals surface area (Å²) in [7, 11) is 0. The minimum Gasteiger partial charge on any atom is -0.454 e. The van der Waals surface area contributed by atoms with Gasteiger partial charge < -0.3 is 9.47 Å². The highest BCUT2D eigenvalue weighted by molar-refractivity contribution is 7.07. The average Bonchev–Trinajstić information content (AvgIpc) is 3.50. The van der Waals surface area contributed by atoms with Gasteiger partial charge in [-0.3, -0.25) is 20.2 Å². The number of hydrogen-bond acceptors (Lipinski definition) is 9. The SMILES string of the molecule is Cc1ccc(C)c(N=c2scc(-c3ccc([N+](=O)[O-])cc3)n2N=Cc2cc3c(cc2[N+](=O)[O-])OCO3)c1. The van der Waals surface area contributed by atoms with Gasteiger partial charge in [-0.1, -0.05) is 12.1 Å². The highest BCUT2D eigenvalue weighted by Gasteiger charge is 2.22. The first kappa shape index (κ1) is 23.9. The van der Waals surface area contributed by atoms with Crippen molar-refractivity contribution in [2.75, 3.05) is 6.79 Å². The summed E-state index contributed by atoms with van der Waals surface area (Å²) >= 11 is 1.33. The number of nitro groups is 2. The van der Waals surface area contributed by atoms with Gasteiger partial charge in [-0.05, 0) is 49.2 Å². The lowest BCUT2D eigenvalue weighted by Gasteiger charge is -2.05. The summed E-state index contributed by atoms with van der Waals surface area (Å²) in [5, 5.41) is 29.2. The summed E-state index contributed by atoms with van der Waals surface area (Å²) in [5.74, 6) is 0.683. The van der Waals surface area contributed by atoms with E-state index in [-0.39, 0.29) is 23.7 Å². The van der Waals surface area contributed by atoms with Gasteiger partial charge in [0, 0.05) is 23.1 Å². The van der Waals surface area contributed by atoms with Crippen molar-refractivity contribution in [3.05, 3.63) is 102 Å². The molecule has 2 heterocycles. The van der Waals surface area contributed by atoms with Crippen LogP contribution in [-0.4, -0.2) is 27.5 Å². The van der Waals surface area contributed by atoms with E-state index in [4.69, 9.17) is 14.5 Å². The quantitative estimate of drug-likeness (QED) is 0.188. The van der Waals surface area contributed by atoms with Crippen LogP contribution in [0.1, 0.15) is 16.7 Å². The van der Waals surface area contributed by atoms with Gasteiger partial charge >= 0.3 is 0 Å². The van der Waals surface area contributed by atoms with Crippen molar-refractivity contribution in [2.45, 2.75) is 13.8 Å². The van der Waals surface area contributed by atoms with E-state index in [1.165, 1.54) is 41.8 Å². The van der Waals surface area contributed by atoms with Crippen LogP contribution in [0.3, 0.4) is 0 Å². The molecule has 0 radical (unpaired) electrons. The molecular formula is C25H19N5O6S. The molecule has 0 amide bonds. The summed E-state index contributed by atoms with van der Waals surface area (Å²) in [5.41, 5.74) is 4.06. The standard InChI is InChI=1S/C25H19N5O6S/c1-15-3-4-16(2)20(9-15)27-25-28(22(13-37-25)17-5-7-19(8-6-17)29(31)32)26-12-18-10-23-24(36-14-35-23)11-21(18)30(33)34/h3-13H,14H2,1-2H3. The molecule has 4 aromatic rings. The molecule has 12 heteroatoms. The molecule has 37 heavy (non-hydrogen) atoms. The Kier molecular flexibility index (Phi) is 6.24. The van der Waals surface area contributed by atoms with Gasteiger partial charge in [0.05, 0.1) is 39.1 Å². The number of aromatic nitrogens is 1. The number of nitro benzene ring substituents is 2. The topological polar surface area (TPSA) is 134 Å². The third-order valence-electron chi connectivity index (χ3n) is 5.67. The zero-order valence-corrected chi connectivity index (χ0v) is 20.5. The second kappa shape index (κ2) is 9.66. The minimum absolute atomic E-state index is 0.0183. The zero-order chi connectivity index (χ0) is 26.1. The number of hydrogen-bond donors (Lipinski definition) is 0.